The van der Waals surface area contributed by atoms with Crippen LogP contribution in [0.5, 0.6) is 11.5 Å². The summed E-state index contributed by atoms with van der Waals surface area (Å²) in [6.45, 7) is 0.385. The number of aromatic hydroxyl groups is 1. The van der Waals surface area contributed by atoms with Gasteiger partial charge in [-0.05, 0) is 41.0 Å². The highest BCUT2D eigenvalue weighted by Crippen LogP contribution is 2.30. The quantitative estimate of drug-likeness (QED) is 0.451. The molecule has 0 aromatic heterocycles. The van der Waals surface area contributed by atoms with E-state index in [0.29, 0.717) is 29.0 Å². The van der Waals surface area contributed by atoms with E-state index in [0.717, 1.165) is 16.7 Å². The molecule has 0 spiro atoms. The number of imide groups is 1. The lowest BCUT2D eigenvalue weighted by molar-refractivity contribution is -0.114. The normalized spacial score (nSPS) is 14.2. The Morgan fingerprint density at radius 2 is 1.73 bits per heavy atom. The van der Waals surface area contributed by atoms with E-state index in [1.165, 1.54) is 7.11 Å². The van der Waals surface area contributed by atoms with Gasteiger partial charge in [0.25, 0.3) is 11.8 Å². The molecular weight excluding hydrogens is 380 g/mol. The molecule has 1 aliphatic rings. The van der Waals surface area contributed by atoms with Crippen molar-refractivity contribution in [1.29, 1.82) is 0 Å². The lowest BCUT2D eigenvalue weighted by Crippen LogP contribution is -2.37. The maximum Gasteiger partial charge on any atom is 0.260 e. The average Bonchev–Trinajstić information content (AvgIpc) is 2.76. The van der Waals surface area contributed by atoms with Crippen molar-refractivity contribution in [2.45, 2.75) is 6.54 Å². The first-order chi connectivity index (χ1) is 14.6. The van der Waals surface area contributed by atoms with Crippen molar-refractivity contribution in [2.24, 2.45) is 0 Å². The molecule has 0 saturated heterocycles. The Kier molecular flexibility index (Phi) is 5.22. The summed E-state index contributed by atoms with van der Waals surface area (Å²) in [6.07, 6.45) is 1.59. The topological polar surface area (TPSA) is 87.7 Å². The van der Waals surface area contributed by atoms with Crippen LogP contribution in [0.15, 0.2) is 72.9 Å². The minimum atomic E-state index is -0.456. The highest BCUT2D eigenvalue weighted by atomic mass is 16.5. The number of hydrogen-bond donors (Lipinski definition) is 3. The zero-order valence-electron chi connectivity index (χ0n) is 16.3. The van der Waals surface area contributed by atoms with E-state index in [1.54, 1.807) is 24.4 Å². The summed E-state index contributed by atoms with van der Waals surface area (Å²) in [5, 5.41) is 15.4. The van der Waals surface area contributed by atoms with Gasteiger partial charge in [-0.3, -0.25) is 14.9 Å². The monoisotopic (exact) mass is 400 g/mol. The van der Waals surface area contributed by atoms with Gasteiger partial charge in [0.05, 0.1) is 12.7 Å². The predicted molar refractivity (Wildman–Crippen MR) is 114 cm³/mol. The second kappa shape index (κ2) is 8.13. The molecular formula is C24H20N2O4. The molecule has 3 aromatic rings. The molecule has 0 aliphatic carbocycles. The van der Waals surface area contributed by atoms with E-state index >= 15 is 0 Å². The van der Waals surface area contributed by atoms with Crippen molar-refractivity contribution < 1.29 is 19.4 Å². The first-order valence-corrected chi connectivity index (χ1v) is 9.42. The van der Waals surface area contributed by atoms with Crippen molar-refractivity contribution in [3.63, 3.8) is 0 Å². The molecule has 6 heteroatoms. The van der Waals surface area contributed by atoms with E-state index in [9.17, 15) is 14.7 Å². The maximum absolute atomic E-state index is 12.5. The van der Waals surface area contributed by atoms with Gasteiger partial charge in [-0.1, -0.05) is 42.5 Å². The molecule has 1 aliphatic heterocycles. The summed E-state index contributed by atoms with van der Waals surface area (Å²) in [6, 6.07) is 20.3. The summed E-state index contributed by atoms with van der Waals surface area (Å²) < 4.78 is 5.04. The Labute approximate surface area is 173 Å². The second-order valence-corrected chi connectivity index (χ2v) is 6.85. The van der Waals surface area contributed by atoms with E-state index in [1.807, 2.05) is 48.5 Å². The van der Waals surface area contributed by atoms with Crippen LogP contribution in [0.25, 0.3) is 16.7 Å². The van der Waals surface area contributed by atoms with Gasteiger partial charge in [0.1, 0.15) is 0 Å². The fourth-order valence-corrected chi connectivity index (χ4v) is 3.40. The molecule has 0 radical (unpaired) electrons. The standard InChI is InChI=1S/C24H20N2O4/c1-30-22-10-7-15(11-21(22)27)13-25-14-20-19-12-17(16-5-3-2-4-6-16)8-9-18(19)23(28)26-24(20)29/h2-12,14,25,27H,13H2,1H3,(H,26,28,29)/b20-14-. The largest absolute Gasteiger partial charge is 0.504 e. The summed E-state index contributed by atoms with van der Waals surface area (Å²) in [5.41, 5.74) is 4.14. The molecule has 30 heavy (non-hydrogen) atoms. The van der Waals surface area contributed by atoms with Crippen LogP contribution in [-0.4, -0.2) is 24.0 Å². The first-order valence-electron chi connectivity index (χ1n) is 9.42. The fraction of sp³-hybridized carbons (Fsp3) is 0.0833. The van der Waals surface area contributed by atoms with Gasteiger partial charge in [0.2, 0.25) is 0 Å². The third kappa shape index (κ3) is 3.75. The Morgan fingerprint density at radius 1 is 0.933 bits per heavy atom. The SMILES string of the molecule is COc1ccc(CN/C=C2\C(=O)NC(=O)c3ccc(-c4ccccc4)cc32)cc1O. The van der Waals surface area contributed by atoms with Gasteiger partial charge in [0, 0.05) is 23.9 Å². The highest BCUT2D eigenvalue weighted by Gasteiger charge is 2.27. The minimum absolute atomic E-state index is 0.0447. The van der Waals surface area contributed by atoms with E-state index in [2.05, 4.69) is 10.6 Å². The highest BCUT2D eigenvalue weighted by molar-refractivity contribution is 6.31. The van der Waals surface area contributed by atoms with Gasteiger partial charge >= 0.3 is 0 Å². The van der Waals surface area contributed by atoms with Gasteiger partial charge in [0.15, 0.2) is 11.5 Å². The molecule has 3 aromatic carbocycles. The van der Waals surface area contributed by atoms with E-state index in [-0.39, 0.29) is 5.75 Å². The third-order valence-corrected chi connectivity index (χ3v) is 4.93. The van der Waals surface area contributed by atoms with Gasteiger partial charge in [-0.2, -0.15) is 0 Å². The van der Waals surface area contributed by atoms with Crippen LogP contribution >= 0.6 is 0 Å². The number of nitrogens with one attached hydrogen (secondary N) is 2. The molecule has 0 atom stereocenters. The van der Waals surface area contributed by atoms with E-state index < -0.39 is 11.8 Å². The summed E-state index contributed by atoms with van der Waals surface area (Å²) in [7, 11) is 1.49. The van der Waals surface area contributed by atoms with Crippen LogP contribution in [0.1, 0.15) is 21.5 Å². The summed E-state index contributed by atoms with van der Waals surface area (Å²) in [4.78, 5) is 24.8. The average molecular weight is 400 g/mol. The maximum atomic E-state index is 12.5. The summed E-state index contributed by atoms with van der Waals surface area (Å²) in [5.74, 6) is -0.428. The van der Waals surface area contributed by atoms with Crippen LogP contribution in [-0.2, 0) is 11.3 Å². The Morgan fingerprint density at radius 3 is 2.47 bits per heavy atom. The molecule has 0 bridgehead atoms. The molecule has 0 saturated carbocycles. The molecule has 0 fully saturated rings. The van der Waals surface area contributed by atoms with Crippen molar-refractivity contribution >= 4 is 17.4 Å². The number of carbonyl (C=O) groups is 2. The Balaban J connectivity index is 1.63. The molecule has 3 N–H and O–H groups in total. The number of benzene rings is 3. The first kappa shape index (κ1) is 19.3. The predicted octanol–water partition coefficient (Wildman–Crippen LogP) is 3.47. The number of fused-ring (bicyclic) bond motifs is 1. The zero-order chi connectivity index (χ0) is 21.1. The van der Waals surface area contributed by atoms with Gasteiger partial charge < -0.3 is 15.2 Å². The molecule has 2 amide bonds. The fourth-order valence-electron chi connectivity index (χ4n) is 3.40. The van der Waals surface area contributed by atoms with Crippen LogP contribution in [0, 0.1) is 0 Å². The smallest absolute Gasteiger partial charge is 0.260 e. The van der Waals surface area contributed by atoms with Crippen LogP contribution < -0.4 is 15.4 Å². The number of ether oxygens (including phenoxy) is 1. The minimum Gasteiger partial charge on any atom is -0.504 e. The van der Waals surface area contributed by atoms with Crippen molar-refractivity contribution in [1.82, 2.24) is 10.6 Å². The number of rotatable bonds is 5. The lowest BCUT2D eigenvalue weighted by atomic mass is 9.91. The number of amides is 2. The van der Waals surface area contributed by atoms with Crippen molar-refractivity contribution in [3.05, 3.63) is 89.6 Å². The van der Waals surface area contributed by atoms with Gasteiger partial charge in [-0.15, -0.1) is 0 Å². The van der Waals surface area contributed by atoms with Crippen LogP contribution in [0.2, 0.25) is 0 Å². The van der Waals surface area contributed by atoms with Crippen LogP contribution in [0.4, 0.5) is 0 Å². The van der Waals surface area contributed by atoms with Crippen molar-refractivity contribution in [3.8, 4) is 22.6 Å². The molecule has 1 heterocycles. The summed E-state index contributed by atoms with van der Waals surface area (Å²) >= 11 is 0. The van der Waals surface area contributed by atoms with Crippen LogP contribution in [0.3, 0.4) is 0 Å². The molecule has 0 unspecified atom stereocenters. The van der Waals surface area contributed by atoms with Gasteiger partial charge in [-0.25, -0.2) is 0 Å². The molecule has 4 rings (SSSR count). The Bertz CT molecular complexity index is 1150. The number of phenolic OH excluding ortho intramolecular Hbond substituents is 1. The number of hydrogen-bond acceptors (Lipinski definition) is 5. The van der Waals surface area contributed by atoms with Crippen molar-refractivity contribution in [2.75, 3.05) is 7.11 Å². The van der Waals surface area contributed by atoms with E-state index in [4.69, 9.17) is 4.74 Å². The molecule has 6 nitrogen and oxygen atoms in total. The third-order valence-electron chi connectivity index (χ3n) is 4.93. The zero-order valence-corrected chi connectivity index (χ0v) is 16.3. The number of methoxy groups -OCH3 is 1. The second-order valence-electron chi connectivity index (χ2n) is 6.85. The Hall–Kier alpha value is -4.06. The number of phenols is 1. The lowest BCUT2D eigenvalue weighted by Gasteiger charge is -2.19. The number of carbonyl (C=O) groups excluding carboxylic acids is 2. The molecule has 150 valence electrons.